The van der Waals surface area contributed by atoms with Gasteiger partial charge in [0.25, 0.3) is 0 Å². The van der Waals surface area contributed by atoms with Gasteiger partial charge in [0.2, 0.25) is 5.91 Å². The third-order valence-electron chi connectivity index (χ3n) is 3.67. The fraction of sp³-hybridized carbons (Fsp3) is 0.533. The molecule has 0 bridgehead atoms. The van der Waals surface area contributed by atoms with Gasteiger partial charge in [-0.2, -0.15) is 0 Å². The van der Waals surface area contributed by atoms with Crippen LogP contribution in [0.5, 0.6) is 0 Å². The summed E-state index contributed by atoms with van der Waals surface area (Å²) in [4.78, 5) is 14.4. The van der Waals surface area contributed by atoms with Crippen LogP contribution < -0.4 is 11.1 Å². The van der Waals surface area contributed by atoms with Crippen molar-refractivity contribution in [2.75, 3.05) is 25.0 Å². The van der Waals surface area contributed by atoms with E-state index in [-0.39, 0.29) is 11.8 Å². The van der Waals surface area contributed by atoms with Crippen LogP contribution in [0.4, 0.5) is 5.69 Å². The van der Waals surface area contributed by atoms with Crippen LogP contribution in [0.25, 0.3) is 0 Å². The van der Waals surface area contributed by atoms with Crippen molar-refractivity contribution in [1.29, 1.82) is 0 Å². The molecule has 2 rings (SSSR count). The van der Waals surface area contributed by atoms with E-state index >= 15 is 0 Å². The molecule has 1 atom stereocenters. The number of anilines is 1. The lowest BCUT2D eigenvalue weighted by atomic mass is 10.1. The lowest BCUT2D eigenvalue weighted by Gasteiger charge is -2.18. The lowest BCUT2D eigenvalue weighted by Crippen LogP contribution is -2.27. The number of amides is 1. The highest BCUT2D eigenvalue weighted by atomic mass is 16.1. The lowest BCUT2D eigenvalue weighted by molar-refractivity contribution is -0.119. The molecular weight excluding hydrogens is 238 g/mol. The smallest absolute Gasteiger partial charge is 0.228 e. The van der Waals surface area contributed by atoms with Crippen molar-refractivity contribution in [2.45, 2.75) is 26.3 Å². The van der Waals surface area contributed by atoms with Crippen LogP contribution in [0.3, 0.4) is 0 Å². The first-order valence-corrected chi connectivity index (χ1v) is 7.02. The van der Waals surface area contributed by atoms with Gasteiger partial charge >= 0.3 is 0 Å². The average molecular weight is 261 g/mol. The molecule has 0 aromatic heterocycles. The van der Waals surface area contributed by atoms with Gasteiger partial charge in [-0.3, -0.25) is 9.69 Å². The van der Waals surface area contributed by atoms with Crippen molar-refractivity contribution in [1.82, 2.24) is 4.90 Å². The summed E-state index contributed by atoms with van der Waals surface area (Å²) in [5.74, 6) is -0.156. The van der Waals surface area contributed by atoms with Gasteiger partial charge in [0, 0.05) is 24.7 Å². The van der Waals surface area contributed by atoms with Crippen molar-refractivity contribution in [2.24, 2.45) is 11.7 Å². The number of carbonyl (C=O) groups excluding carboxylic acids is 1. The fourth-order valence-electron chi connectivity index (χ4n) is 2.32. The van der Waals surface area contributed by atoms with Crippen molar-refractivity contribution in [3.63, 3.8) is 0 Å². The second-order valence-corrected chi connectivity index (χ2v) is 5.27. The number of carbonyl (C=O) groups is 1. The molecule has 0 spiro atoms. The minimum atomic E-state index is -0.153. The zero-order chi connectivity index (χ0) is 13.7. The maximum absolute atomic E-state index is 11.9. The van der Waals surface area contributed by atoms with E-state index in [2.05, 4.69) is 16.3 Å². The van der Waals surface area contributed by atoms with E-state index in [4.69, 9.17) is 5.73 Å². The largest absolute Gasteiger partial charge is 0.330 e. The van der Waals surface area contributed by atoms with E-state index in [9.17, 15) is 4.79 Å². The Hall–Kier alpha value is -1.39. The van der Waals surface area contributed by atoms with E-state index in [1.807, 2.05) is 25.1 Å². The van der Waals surface area contributed by atoms with Crippen LogP contribution in [0.1, 0.15) is 25.3 Å². The van der Waals surface area contributed by atoms with Gasteiger partial charge in [0.1, 0.15) is 0 Å². The first kappa shape index (κ1) is 14.0. The Kier molecular flexibility index (Phi) is 4.93. The second kappa shape index (κ2) is 6.68. The van der Waals surface area contributed by atoms with Crippen LogP contribution in [0.15, 0.2) is 24.3 Å². The number of nitrogens with one attached hydrogen (secondary N) is 1. The Morgan fingerprint density at radius 2 is 2.05 bits per heavy atom. The highest BCUT2D eigenvalue weighted by Crippen LogP contribution is 2.20. The van der Waals surface area contributed by atoms with Gasteiger partial charge in [-0.15, -0.1) is 0 Å². The van der Waals surface area contributed by atoms with Crippen LogP contribution in [-0.4, -0.2) is 30.4 Å². The Morgan fingerprint density at radius 1 is 1.37 bits per heavy atom. The summed E-state index contributed by atoms with van der Waals surface area (Å²) in [6.07, 6.45) is 2.55. The van der Waals surface area contributed by atoms with Crippen molar-refractivity contribution in [3.8, 4) is 0 Å². The van der Waals surface area contributed by atoms with E-state index in [0.29, 0.717) is 6.54 Å². The molecule has 4 nitrogen and oxygen atoms in total. The van der Waals surface area contributed by atoms with Gasteiger partial charge in [0.05, 0.1) is 0 Å². The zero-order valence-corrected chi connectivity index (χ0v) is 11.6. The molecule has 0 saturated carbocycles. The predicted octanol–water partition coefficient (Wildman–Crippen LogP) is 1.82. The monoisotopic (exact) mass is 261 g/mol. The summed E-state index contributed by atoms with van der Waals surface area (Å²) in [7, 11) is 0. The van der Waals surface area contributed by atoms with Crippen LogP contribution in [-0.2, 0) is 11.3 Å². The molecule has 0 radical (unpaired) electrons. The fourth-order valence-corrected chi connectivity index (χ4v) is 2.32. The van der Waals surface area contributed by atoms with Gasteiger partial charge in [0.15, 0.2) is 0 Å². The molecule has 3 N–H and O–H groups in total. The normalized spacial score (nSPS) is 17.4. The van der Waals surface area contributed by atoms with E-state index in [1.165, 1.54) is 18.4 Å². The van der Waals surface area contributed by atoms with Gasteiger partial charge in [-0.1, -0.05) is 25.1 Å². The molecule has 1 heterocycles. The number of para-hydroxylation sites is 1. The SMILES string of the molecule is CC(CN)C(=O)Nc1ccccc1CN1CCCC1. The molecule has 19 heavy (non-hydrogen) atoms. The van der Waals surface area contributed by atoms with Gasteiger partial charge < -0.3 is 11.1 Å². The molecule has 1 unspecified atom stereocenters. The molecule has 1 aromatic rings. The van der Waals surface area contributed by atoms with E-state index < -0.39 is 0 Å². The molecule has 1 saturated heterocycles. The molecule has 1 aromatic carbocycles. The standard InChI is InChI=1S/C15H23N3O/c1-12(10-16)15(19)17-14-7-3-2-6-13(14)11-18-8-4-5-9-18/h2-3,6-7,12H,4-5,8-11,16H2,1H3,(H,17,19). The number of benzene rings is 1. The number of nitrogens with zero attached hydrogens (tertiary/aromatic N) is 1. The molecule has 1 fully saturated rings. The summed E-state index contributed by atoms with van der Waals surface area (Å²) in [6, 6.07) is 8.03. The molecule has 4 heteroatoms. The third-order valence-corrected chi connectivity index (χ3v) is 3.67. The maximum Gasteiger partial charge on any atom is 0.228 e. The first-order chi connectivity index (χ1) is 9.20. The number of hydrogen-bond donors (Lipinski definition) is 2. The quantitative estimate of drug-likeness (QED) is 0.850. The summed E-state index contributed by atoms with van der Waals surface area (Å²) in [6.45, 7) is 5.44. The second-order valence-electron chi connectivity index (χ2n) is 5.27. The minimum Gasteiger partial charge on any atom is -0.330 e. The Balaban J connectivity index is 2.05. The molecule has 1 amide bonds. The Morgan fingerprint density at radius 3 is 2.74 bits per heavy atom. The highest BCUT2D eigenvalue weighted by Gasteiger charge is 2.16. The minimum absolute atomic E-state index is 0.00336. The van der Waals surface area contributed by atoms with E-state index in [1.54, 1.807) is 0 Å². The van der Waals surface area contributed by atoms with Crippen LogP contribution in [0, 0.1) is 5.92 Å². The van der Waals surface area contributed by atoms with Crippen molar-refractivity contribution < 1.29 is 4.79 Å². The first-order valence-electron chi connectivity index (χ1n) is 7.02. The number of likely N-dealkylation sites (tertiary alicyclic amines) is 1. The molecular formula is C15H23N3O. The highest BCUT2D eigenvalue weighted by molar-refractivity contribution is 5.93. The summed E-state index contributed by atoms with van der Waals surface area (Å²) < 4.78 is 0. The third kappa shape index (κ3) is 3.78. The Bertz CT molecular complexity index is 427. The Labute approximate surface area is 115 Å². The number of hydrogen-bond acceptors (Lipinski definition) is 3. The molecule has 1 aliphatic heterocycles. The van der Waals surface area contributed by atoms with Gasteiger partial charge in [-0.25, -0.2) is 0 Å². The molecule has 0 aliphatic carbocycles. The van der Waals surface area contributed by atoms with Crippen LogP contribution in [0.2, 0.25) is 0 Å². The number of rotatable bonds is 5. The maximum atomic E-state index is 11.9. The molecule has 104 valence electrons. The number of nitrogens with two attached hydrogens (primary N) is 1. The van der Waals surface area contributed by atoms with Gasteiger partial charge in [-0.05, 0) is 37.6 Å². The summed E-state index contributed by atoms with van der Waals surface area (Å²) in [5.41, 5.74) is 7.63. The van der Waals surface area contributed by atoms with E-state index in [0.717, 1.165) is 25.3 Å². The molecule has 1 aliphatic rings. The van der Waals surface area contributed by atoms with Crippen LogP contribution >= 0.6 is 0 Å². The average Bonchev–Trinajstić information content (AvgIpc) is 2.93. The van der Waals surface area contributed by atoms with Crippen molar-refractivity contribution in [3.05, 3.63) is 29.8 Å². The predicted molar refractivity (Wildman–Crippen MR) is 77.8 cm³/mol. The summed E-state index contributed by atoms with van der Waals surface area (Å²) >= 11 is 0. The summed E-state index contributed by atoms with van der Waals surface area (Å²) in [5, 5.41) is 2.99. The zero-order valence-electron chi connectivity index (χ0n) is 11.6. The van der Waals surface area contributed by atoms with Crippen molar-refractivity contribution >= 4 is 11.6 Å². The topological polar surface area (TPSA) is 58.4 Å².